The van der Waals surface area contributed by atoms with Gasteiger partial charge in [-0.05, 0) is 26.7 Å². The molecule has 2 heterocycles. The van der Waals surface area contributed by atoms with Crippen molar-refractivity contribution in [2.75, 3.05) is 26.4 Å². The predicted molar refractivity (Wildman–Crippen MR) is 55.4 cm³/mol. The maximum Gasteiger partial charge on any atom is 0.0625 e. The third-order valence-electron chi connectivity index (χ3n) is 3.20. The van der Waals surface area contributed by atoms with Crippen molar-refractivity contribution >= 4 is 0 Å². The summed E-state index contributed by atoms with van der Waals surface area (Å²) in [6, 6.07) is 1.32. The molecule has 2 rings (SSSR count). The molecule has 0 N–H and O–H groups in total. The Kier molecular flexibility index (Phi) is 3.42. The number of rotatable bonds is 3. The van der Waals surface area contributed by atoms with Crippen molar-refractivity contribution in [1.82, 2.24) is 4.90 Å². The molecule has 0 aromatic carbocycles. The van der Waals surface area contributed by atoms with Gasteiger partial charge in [0, 0.05) is 18.6 Å². The number of morpholine rings is 1. The van der Waals surface area contributed by atoms with Gasteiger partial charge in [0.2, 0.25) is 0 Å². The SMILES string of the molecule is CC(C)OC[C@H]1CCC2COCCN21. The first kappa shape index (κ1) is 10.4. The maximum absolute atomic E-state index is 5.69. The fourth-order valence-corrected chi connectivity index (χ4v) is 2.43. The number of hydrogen-bond donors (Lipinski definition) is 0. The summed E-state index contributed by atoms with van der Waals surface area (Å²) in [5.41, 5.74) is 0. The highest BCUT2D eigenvalue weighted by Crippen LogP contribution is 2.26. The van der Waals surface area contributed by atoms with Gasteiger partial charge in [-0.1, -0.05) is 0 Å². The fourth-order valence-electron chi connectivity index (χ4n) is 2.43. The lowest BCUT2D eigenvalue weighted by Gasteiger charge is -2.33. The van der Waals surface area contributed by atoms with E-state index in [0.29, 0.717) is 18.2 Å². The Morgan fingerprint density at radius 1 is 1.43 bits per heavy atom. The highest BCUT2D eigenvalue weighted by Gasteiger charge is 2.35. The first-order chi connectivity index (χ1) is 6.77. The van der Waals surface area contributed by atoms with Gasteiger partial charge in [-0.2, -0.15) is 0 Å². The Bertz CT molecular complexity index is 184. The molecule has 1 unspecified atom stereocenters. The Balaban J connectivity index is 1.81. The van der Waals surface area contributed by atoms with E-state index in [9.17, 15) is 0 Å². The number of nitrogens with zero attached hydrogens (tertiary/aromatic N) is 1. The standard InChI is InChI=1S/C11H21NO2/c1-9(2)14-8-11-4-3-10-7-13-6-5-12(10)11/h9-11H,3-8H2,1-2H3/t10?,11-/m1/s1. The molecule has 0 amide bonds. The molecule has 0 saturated carbocycles. The molecule has 2 fully saturated rings. The Labute approximate surface area is 86.4 Å². The maximum atomic E-state index is 5.69. The van der Waals surface area contributed by atoms with Crippen molar-refractivity contribution in [1.29, 1.82) is 0 Å². The smallest absolute Gasteiger partial charge is 0.0625 e. The topological polar surface area (TPSA) is 21.7 Å². The molecule has 3 nitrogen and oxygen atoms in total. The number of hydrogen-bond acceptors (Lipinski definition) is 3. The molecule has 2 aliphatic rings. The van der Waals surface area contributed by atoms with Crippen molar-refractivity contribution in [3.8, 4) is 0 Å². The van der Waals surface area contributed by atoms with Crippen LogP contribution < -0.4 is 0 Å². The first-order valence-electron chi connectivity index (χ1n) is 5.72. The summed E-state index contributed by atoms with van der Waals surface area (Å²) < 4.78 is 11.2. The van der Waals surface area contributed by atoms with Crippen LogP contribution in [0.25, 0.3) is 0 Å². The lowest BCUT2D eigenvalue weighted by molar-refractivity contribution is -0.0288. The summed E-state index contributed by atoms with van der Waals surface area (Å²) in [5, 5.41) is 0. The molecule has 14 heavy (non-hydrogen) atoms. The summed E-state index contributed by atoms with van der Waals surface area (Å²) in [4.78, 5) is 2.58. The second kappa shape index (κ2) is 4.60. The molecular formula is C11H21NO2. The second-order valence-corrected chi connectivity index (χ2v) is 4.58. The van der Waals surface area contributed by atoms with E-state index in [2.05, 4.69) is 18.7 Å². The average Bonchev–Trinajstić information content (AvgIpc) is 2.58. The van der Waals surface area contributed by atoms with Crippen molar-refractivity contribution in [3.63, 3.8) is 0 Å². The predicted octanol–water partition coefficient (Wildman–Crippen LogP) is 1.27. The van der Waals surface area contributed by atoms with Crippen LogP contribution in [0.5, 0.6) is 0 Å². The van der Waals surface area contributed by atoms with E-state index in [-0.39, 0.29) is 0 Å². The molecule has 3 heteroatoms. The summed E-state index contributed by atoms with van der Waals surface area (Å²) in [6.07, 6.45) is 2.92. The van der Waals surface area contributed by atoms with Gasteiger partial charge >= 0.3 is 0 Å². The molecule has 0 spiro atoms. The van der Waals surface area contributed by atoms with Crippen LogP contribution in [0.2, 0.25) is 0 Å². The third kappa shape index (κ3) is 2.27. The van der Waals surface area contributed by atoms with E-state index in [0.717, 1.165) is 26.4 Å². The zero-order chi connectivity index (χ0) is 9.97. The minimum Gasteiger partial charge on any atom is -0.378 e. The van der Waals surface area contributed by atoms with Gasteiger partial charge in [0.25, 0.3) is 0 Å². The second-order valence-electron chi connectivity index (χ2n) is 4.58. The van der Waals surface area contributed by atoms with Gasteiger partial charge in [-0.3, -0.25) is 4.90 Å². The first-order valence-corrected chi connectivity index (χ1v) is 5.72. The zero-order valence-electron chi connectivity index (χ0n) is 9.24. The monoisotopic (exact) mass is 199 g/mol. The molecule has 0 aromatic heterocycles. The van der Waals surface area contributed by atoms with Gasteiger partial charge in [-0.25, -0.2) is 0 Å². The number of ether oxygens (including phenoxy) is 2. The highest BCUT2D eigenvalue weighted by atomic mass is 16.5. The van der Waals surface area contributed by atoms with Crippen molar-refractivity contribution in [2.45, 2.75) is 44.9 Å². The van der Waals surface area contributed by atoms with E-state index in [1.54, 1.807) is 0 Å². The van der Waals surface area contributed by atoms with E-state index in [4.69, 9.17) is 9.47 Å². The molecule has 0 radical (unpaired) electrons. The van der Waals surface area contributed by atoms with E-state index >= 15 is 0 Å². The van der Waals surface area contributed by atoms with Gasteiger partial charge < -0.3 is 9.47 Å². The van der Waals surface area contributed by atoms with E-state index in [1.165, 1.54) is 12.8 Å². The molecule has 0 aliphatic carbocycles. The average molecular weight is 199 g/mol. The van der Waals surface area contributed by atoms with Crippen molar-refractivity contribution < 1.29 is 9.47 Å². The van der Waals surface area contributed by atoms with Crippen LogP contribution in [0.15, 0.2) is 0 Å². The third-order valence-corrected chi connectivity index (χ3v) is 3.20. The summed E-state index contributed by atoms with van der Waals surface area (Å²) in [7, 11) is 0. The molecule has 2 aliphatic heterocycles. The van der Waals surface area contributed by atoms with Crippen LogP contribution in [0.1, 0.15) is 26.7 Å². The molecule has 82 valence electrons. The normalized spacial score (nSPS) is 33.6. The van der Waals surface area contributed by atoms with E-state index < -0.39 is 0 Å². The Hall–Kier alpha value is -0.120. The van der Waals surface area contributed by atoms with Gasteiger partial charge in [0.05, 0.1) is 25.9 Å². The Morgan fingerprint density at radius 2 is 2.29 bits per heavy atom. The molecule has 0 aromatic rings. The summed E-state index contributed by atoms with van der Waals surface area (Å²) >= 11 is 0. The van der Waals surface area contributed by atoms with Crippen molar-refractivity contribution in [3.05, 3.63) is 0 Å². The molecule has 2 saturated heterocycles. The summed E-state index contributed by atoms with van der Waals surface area (Å²) in [6.45, 7) is 8.02. The van der Waals surface area contributed by atoms with Gasteiger partial charge in [0.1, 0.15) is 0 Å². The minimum atomic E-state index is 0.357. The van der Waals surface area contributed by atoms with Crippen LogP contribution >= 0.6 is 0 Å². The van der Waals surface area contributed by atoms with Crippen LogP contribution in [0.3, 0.4) is 0 Å². The van der Waals surface area contributed by atoms with E-state index in [1.807, 2.05) is 0 Å². The van der Waals surface area contributed by atoms with Crippen LogP contribution in [-0.4, -0.2) is 49.5 Å². The molecule has 2 atom stereocenters. The van der Waals surface area contributed by atoms with Crippen LogP contribution in [0.4, 0.5) is 0 Å². The van der Waals surface area contributed by atoms with Crippen molar-refractivity contribution in [2.24, 2.45) is 0 Å². The van der Waals surface area contributed by atoms with Crippen LogP contribution in [0, 0.1) is 0 Å². The van der Waals surface area contributed by atoms with Gasteiger partial charge in [-0.15, -0.1) is 0 Å². The minimum absolute atomic E-state index is 0.357. The van der Waals surface area contributed by atoms with Gasteiger partial charge in [0.15, 0.2) is 0 Å². The molecule has 0 bridgehead atoms. The fraction of sp³-hybridized carbons (Fsp3) is 1.00. The quantitative estimate of drug-likeness (QED) is 0.683. The Morgan fingerprint density at radius 3 is 3.07 bits per heavy atom. The lowest BCUT2D eigenvalue weighted by atomic mass is 10.2. The zero-order valence-corrected chi connectivity index (χ0v) is 9.24. The number of fused-ring (bicyclic) bond motifs is 1. The van der Waals surface area contributed by atoms with Crippen LogP contribution in [-0.2, 0) is 9.47 Å². The molecular weight excluding hydrogens is 178 g/mol. The summed E-state index contributed by atoms with van der Waals surface area (Å²) in [5.74, 6) is 0. The highest BCUT2D eigenvalue weighted by molar-refractivity contribution is 4.89. The largest absolute Gasteiger partial charge is 0.378 e. The lowest BCUT2D eigenvalue weighted by Crippen LogP contribution is -2.46.